The van der Waals surface area contributed by atoms with Gasteiger partial charge in [0.05, 0.1) is 1.37 Å². The zero-order valence-electron chi connectivity index (χ0n) is 4.89. The summed E-state index contributed by atoms with van der Waals surface area (Å²) >= 11 is 0. The summed E-state index contributed by atoms with van der Waals surface area (Å²) in [6, 6.07) is 0.987. The molecule has 0 unspecified atom stereocenters. The van der Waals surface area contributed by atoms with Gasteiger partial charge in [0.25, 0.3) is 5.56 Å². The van der Waals surface area contributed by atoms with Crippen molar-refractivity contribution in [2.45, 2.75) is 0 Å². The van der Waals surface area contributed by atoms with Gasteiger partial charge in [-0.25, -0.2) is 4.79 Å². The number of hydrogen-bond acceptors (Lipinski definition) is 2. The Balaban J connectivity index is 3.52. The van der Waals surface area contributed by atoms with E-state index in [1.807, 2.05) is 4.98 Å². The van der Waals surface area contributed by atoms with Crippen LogP contribution >= 0.6 is 0 Å². The fraction of sp³-hybridized carbons (Fsp3) is 0. The van der Waals surface area contributed by atoms with E-state index in [2.05, 4.69) is 4.98 Å². The first kappa shape index (κ1) is 3.65. The maximum atomic E-state index is 10.3. The van der Waals surface area contributed by atoms with Gasteiger partial charge >= 0.3 is 5.69 Å². The number of hydrogen-bond donors (Lipinski definition) is 2. The predicted molar refractivity (Wildman–Crippen MR) is 27.7 cm³/mol. The molecule has 1 aromatic rings. The minimum atomic E-state index is -0.646. The molecule has 0 saturated carbocycles. The Morgan fingerprint density at radius 1 is 1.62 bits per heavy atom. The fourth-order valence-corrected chi connectivity index (χ4v) is 0.346. The number of aromatic amines is 2. The Morgan fingerprint density at radius 2 is 2.38 bits per heavy atom. The first-order valence-electron chi connectivity index (χ1n) is 2.49. The second kappa shape index (κ2) is 1.65. The summed E-state index contributed by atoms with van der Waals surface area (Å²) in [5, 5.41) is 0. The van der Waals surface area contributed by atoms with Crippen LogP contribution < -0.4 is 11.2 Å². The lowest BCUT2D eigenvalue weighted by atomic mass is 10.7. The molecule has 0 aliphatic carbocycles. The number of rotatable bonds is 0. The van der Waals surface area contributed by atoms with Gasteiger partial charge in [-0.3, -0.25) is 9.78 Å². The van der Waals surface area contributed by atoms with Crippen LogP contribution in [0.1, 0.15) is 1.37 Å². The van der Waals surface area contributed by atoms with Crippen molar-refractivity contribution in [3.05, 3.63) is 33.1 Å². The van der Waals surface area contributed by atoms with Crippen LogP contribution in [0.4, 0.5) is 0 Å². The Bertz CT molecular complexity index is 285. The largest absolute Gasteiger partial charge is 0.325 e. The van der Waals surface area contributed by atoms with Crippen molar-refractivity contribution in [2.24, 2.45) is 0 Å². The second-order valence-corrected chi connectivity index (χ2v) is 1.23. The molecule has 4 heteroatoms. The summed E-state index contributed by atoms with van der Waals surface area (Å²) < 4.78 is 6.80. The first-order chi connectivity index (χ1) is 4.18. The van der Waals surface area contributed by atoms with Crippen LogP contribution in [0.3, 0.4) is 0 Å². The van der Waals surface area contributed by atoms with Crippen LogP contribution in [-0.4, -0.2) is 9.97 Å². The molecule has 0 aliphatic heterocycles. The van der Waals surface area contributed by atoms with E-state index in [0.717, 1.165) is 6.07 Å². The molecular formula is C4H4N2O2. The molecule has 0 atom stereocenters. The zero-order chi connectivity index (χ0) is 6.85. The minimum absolute atomic E-state index is 0.177. The van der Waals surface area contributed by atoms with Gasteiger partial charge < -0.3 is 4.98 Å². The molecule has 2 N–H and O–H groups in total. The molecule has 0 spiro atoms. The lowest BCUT2D eigenvalue weighted by Gasteiger charge is -1.75. The van der Waals surface area contributed by atoms with Crippen LogP contribution in [0.15, 0.2) is 21.8 Å². The smallest absolute Gasteiger partial charge is 0.314 e. The summed E-state index contributed by atoms with van der Waals surface area (Å²) in [5.41, 5.74) is -1.20. The van der Waals surface area contributed by atoms with E-state index in [9.17, 15) is 9.59 Å². The highest BCUT2D eigenvalue weighted by molar-refractivity contribution is 4.77. The first-order valence-corrected chi connectivity index (χ1v) is 1.99. The quantitative estimate of drug-likeness (QED) is 0.457. The van der Waals surface area contributed by atoms with Crippen LogP contribution in [0.25, 0.3) is 0 Å². The molecule has 1 rings (SSSR count). The lowest BCUT2D eigenvalue weighted by molar-refractivity contribution is 1.04. The van der Waals surface area contributed by atoms with Gasteiger partial charge in [-0.05, 0) is 0 Å². The Hall–Kier alpha value is -1.32. The highest BCUT2D eigenvalue weighted by atomic mass is 16.2. The minimum Gasteiger partial charge on any atom is -0.314 e. The highest BCUT2D eigenvalue weighted by Gasteiger charge is 1.77. The van der Waals surface area contributed by atoms with Crippen molar-refractivity contribution in [3.63, 3.8) is 0 Å². The van der Waals surface area contributed by atoms with Gasteiger partial charge in [0.1, 0.15) is 0 Å². The topological polar surface area (TPSA) is 65.7 Å². The van der Waals surface area contributed by atoms with E-state index in [1.54, 1.807) is 0 Å². The summed E-state index contributed by atoms with van der Waals surface area (Å²) in [6.45, 7) is 0. The van der Waals surface area contributed by atoms with Gasteiger partial charge in [-0.15, -0.1) is 0 Å². The van der Waals surface area contributed by atoms with E-state index in [4.69, 9.17) is 1.37 Å². The van der Waals surface area contributed by atoms with Crippen LogP contribution in [0.2, 0.25) is 0 Å². The third kappa shape index (κ3) is 0.841. The molecule has 0 amide bonds. The van der Waals surface area contributed by atoms with Crippen molar-refractivity contribution < 1.29 is 1.37 Å². The Kier molecular flexibility index (Phi) is 0.754. The van der Waals surface area contributed by atoms with Crippen molar-refractivity contribution in [1.29, 1.82) is 0 Å². The third-order valence-electron chi connectivity index (χ3n) is 0.626. The van der Waals surface area contributed by atoms with Crippen LogP contribution in [0, 0.1) is 0 Å². The molecule has 0 saturated heterocycles. The summed E-state index contributed by atoms with van der Waals surface area (Å²) in [6.07, 6.45) is -0.177. The number of aromatic nitrogens is 2. The van der Waals surface area contributed by atoms with Crippen molar-refractivity contribution in [1.82, 2.24) is 9.97 Å². The third-order valence-corrected chi connectivity index (χ3v) is 0.626. The van der Waals surface area contributed by atoms with Crippen molar-refractivity contribution in [2.75, 3.05) is 0 Å². The number of H-pyrrole nitrogens is 2. The normalized spacial score (nSPS) is 10.8. The van der Waals surface area contributed by atoms with Gasteiger partial charge in [-0.1, -0.05) is 0 Å². The lowest BCUT2D eigenvalue weighted by Crippen LogP contribution is -2.19. The van der Waals surface area contributed by atoms with Gasteiger partial charge in [-0.2, -0.15) is 0 Å². The van der Waals surface area contributed by atoms with Crippen molar-refractivity contribution >= 4 is 0 Å². The molecule has 0 bridgehead atoms. The molecular weight excluding hydrogens is 108 g/mol. The molecule has 42 valence electrons. The van der Waals surface area contributed by atoms with Crippen molar-refractivity contribution in [3.8, 4) is 0 Å². The Labute approximate surface area is 45.6 Å². The molecule has 0 aromatic carbocycles. The predicted octanol–water partition coefficient (Wildman–Crippen LogP) is -0.937. The average molecular weight is 114 g/mol. The molecule has 0 aliphatic rings. The SMILES string of the molecule is [3H]c1cc(=O)[nH]c(=O)[nH]1. The summed E-state index contributed by atoms with van der Waals surface area (Å²) in [5.74, 6) is 0. The van der Waals surface area contributed by atoms with E-state index >= 15 is 0 Å². The van der Waals surface area contributed by atoms with E-state index in [1.165, 1.54) is 0 Å². The monoisotopic (exact) mass is 114 g/mol. The highest BCUT2D eigenvalue weighted by Crippen LogP contribution is 1.51. The second-order valence-electron chi connectivity index (χ2n) is 1.23. The van der Waals surface area contributed by atoms with Gasteiger partial charge in [0.15, 0.2) is 0 Å². The molecule has 0 radical (unpaired) electrons. The number of nitrogens with one attached hydrogen (secondary N) is 2. The molecule has 0 fully saturated rings. The van der Waals surface area contributed by atoms with E-state index < -0.39 is 11.2 Å². The summed E-state index contributed by atoms with van der Waals surface area (Å²) in [7, 11) is 0. The van der Waals surface area contributed by atoms with E-state index in [0.29, 0.717) is 0 Å². The molecule has 1 heterocycles. The van der Waals surface area contributed by atoms with Crippen LogP contribution in [-0.2, 0) is 0 Å². The molecule has 1 aromatic heterocycles. The van der Waals surface area contributed by atoms with Gasteiger partial charge in [0.2, 0.25) is 0 Å². The molecule has 8 heavy (non-hydrogen) atoms. The molecule has 4 nitrogen and oxygen atoms in total. The fourth-order valence-electron chi connectivity index (χ4n) is 0.346. The van der Waals surface area contributed by atoms with E-state index in [-0.39, 0.29) is 6.17 Å². The zero-order valence-corrected chi connectivity index (χ0v) is 3.89. The maximum absolute atomic E-state index is 10.3. The van der Waals surface area contributed by atoms with Gasteiger partial charge in [0, 0.05) is 12.2 Å². The summed E-state index contributed by atoms with van der Waals surface area (Å²) in [4.78, 5) is 24.6. The maximum Gasteiger partial charge on any atom is 0.325 e. The standard InChI is InChI=1S/C4H4N2O2/c7-3-1-2-5-4(8)6-3/h1-2H,(H2,5,6,7,8)/i2T. The van der Waals surface area contributed by atoms with Crippen LogP contribution in [0.5, 0.6) is 0 Å². The Morgan fingerprint density at radius 3 is 2.88 bits per heavy atom. The average Bonchev–Trinajstić information content (AvgIpc) is 1.59.